The third kappa shape index (κ3) is 6.68. The summed E-state index contributed by atoms with van der Waals surface area (Å²) in [7, 11) is 0. The average molecular weight is 410 g/mol. The fraction of sp³-hybridized carbons (Fsp3) is 0.417. The summed E-state index contributed by atoms with van der Waals surface area (Å²) in [5.74, 6) is -0.104. The first kappa shape index (κ1) is 22.0. The van der Waals surface area contributed by atoms with Crippen molar-refractivity contribution in [2.75, 3.05) is 39.4 Å². The van der Waals surface area contributed by atoms with Gasteiger partial charge in [-0.2, -0.15) is 0 Å². The highest BCUT2D eigenvalue weighted by atomic mass is 16.5. The number of hydrogen-bond acceptors (Lipinski definition) is 4. The highest BCUT2D eigenvalue weighted by Crippen LogP contribution is 2.12. The Labute approximate surface area is 178 Å². The van der Waals surface area contributed by atoms with Crippen LogP contribution in [0.15, 0.2) is 60.7 Å². The van der Waals surface area contributed by atoms with Gasteiger partial charge in [-0.3, -0.25) is 14.5 Å². The lowest BCUT2D eigenvalue weighted by molar-refractivity contribution is -0.134. The minimum Gasteiger partial charge on any atom is -0.379 e. The summed E-state index contributed by atoms with van der Waals surface area (Å²) < 4.78 is 5.43. The molecule has 0 radical (unpaired) electrons. The Morgan fingerprint density at radius 3 is 2.33 bits per heavy atom. The van der Waals surface area contributed by atoms with Gasteiger partial charge in [0.1, 0.15) is 0 Å². The van der Waals surface area contributed by atoms with E-state index in [2.05, 4.69) is 17.1 Å². The Balaban J connectivity index is 1.58. The molecule has 2 aromatic carbocycles. The van der Waals surface area contributed by atoms with Crippen molar-refractivity contribution in [3.8, 4) is 0 Å². The van der Waals surface area contributed by atoms with Crippen molar-refractivity contribution < 1.29 is 14.3 Å². The van der Waals surface area contributed by atoms with Crippen molar-refractivity contribution in [3.63, 3.8) is 0 Å². The second-order valence-corrected chi connectivity index (χ2v) is 7.64. The predicted molar refractivity (Wildman–Crippen MR) is 117 cm³/mol. The molecule has 2 aromatic rings. The van der Waals surface area contributed by atoms with Gasteiger partial charge in [-0.15, -0.1) is 0 Å². The molecule has 0 aromatic heterocycles. The van der Waals surface area contributed by atoms with Crippen LogP contribution in [-0.2, 0) is 16.1 Å². The summed E-state index contributed by atoms with van der Waals surface area (Å²) in [6.07, 6.45) is 0.277. The van der Waals surface area contributed by atoms with Crippen LogP contribution in [0.3, 0.4) is 0 Å². The molecule has 3 rings (SSSR count). The molecule has 160 valence electrons. The molecule has 1 atom stereocenters. The average Bonchev–Trinajstić information content (AvgIpc) is 2.79. The monoisotopic (exact) mass is 409 g/mol. The van der Waals surface area contributed by atoms with Gasteiger partial charge in [0, 0.05) is 50.7 Å². The van der Waals surface area contributed by atoms with Crippen LogP contribution >= 0.6 is 0 Å². The fourth-order valence-corrected chi connectivity index (χ4v) is 3.64. The molecule has 1 fully saturated rings. The second kappa shape index (κ2) is 11.5. The molecule has 0 aliphatic carbocycles. The van der Waals surface area contributed by atoms with Gasteiger partial charge in [-0.05, 0) is 24.6 Å². The van der Waals surface area contributed by atoms with Crippen LogP contribution in [0.25, 0.3) is 0 Å². The van der Waals surface area contributed by atoms with E-state index in [0.29, 0.717) is 18.7 Å². The molecule has 1 unspecified atom stereocenters. The van der Waals surface area contributed by atoms with Crippen LogP contribution in [0.5, 0.6) is 0 Å². The number of morpholine rings is 1. The number of amides is 2. The number of hydrogen-bond donors (Lipinski definition) is 1. The molecule has 30 heavy (non-hydrogen) atoms. The van der Waals surface area contributed by atoms with Gasteiger partial charge >= 0.3 is 0 Å². The van der Waals surface area contributed by atoms with Crippen LogP contribution in [0.4, 0.5) is 0 Å². The molecule has 1 saturated heterocycles. The zero-order valence-corrected chi connectivity index (χ0v) is 17.6. The van der Waals surface area contributed by atoms with Gasteiger partial charge in [-0.1, -0.05) is 48.5 Å². The van der Waals surface area contributed by atoms with E-state index in [1.165, 1.54) is 0 Å². The van der Waals surface area contributed by atoms with Gasteiger partial charge in [-0.25, -0.2) is 0 Å². The molecule has 0 bridgehead atoms. The van der Waals surface area contributed by atoms with Crippen molar-refractivity contribution in [1.29, 1.82) is 0 Å². The Morgan fingerprint density at radius 1 is 1.03 bits per heavy atom. The molecule has 0 spiro atoms. The van der Waals surface area contributed by atoms with Crippen LogP contribution < -0.4 is 5.32 Å². The molecule has 2 amide bonds. The molecule has 1 N–H and O–H groups in total. The zero-order valence-electron chi connectivity index (χ0n) is 17.6. The van der Waals surface area contributed by atoms with Crippen LogP contribution in [0, 0.1) is 0 Å². The van der Waals surface area contributed by atoms with E-state index in [0.717, 1.165) is 38.4 Å². The maximum Gasteiger partial charge on any atom is 0.251 e. The van der Waals surface area contributed by atoms with Crippen molar-refractivity contribution in [3.05, 3.63) is 71.8 Å². The summed E-state index contributed by atoms with van der Waals surface area (Å²) in [4.78, 5) is 29.6. The third-order valence-electron chi connectivity index (χ3n) is 5.33. The summed E-state index contributed by atoms with van der Waals surface area (Å²) >= 11 is 0. The highest BCUT2D eigenvalue weighted by molar-refractivity contribution is 5.94. The first-order valence-corrected chi connectivity index (χ1v) is 10.6. The van der Waals surface area contributed by atoms with Crippen molar-refractivity contribution >= 4 is 11.8 Å². The van der Waals surface area contributed by atoms with E-state index in [1.807, 2.05) is 53.4 Å². The third-order valence-corrected chi connectivity index (χ3v) is 5.33. The van der Waals surface area contributed by atoms with E-state index in [4.69, 9.17) is 4.74 Å². The topological polar surface area (TPSA) is 61.9 Å². The Hall–Kier alpha value is -2.70. The zero-order chi connectivity index (χ0) is 21.2. The first-order valence-electron chi connectivity index (χ1n) is 10.6. The highest BCUT2D eigenvalue weighted by Gasteiger charge is 2.23. The predicted octanol–water partition coefficient (Wildman–Crippen LogP) is 2.56. The molecule has 1 aliphatic rings. The molecular weight excluding hydrogens is 378 g/mol. The Kier molecular flexibility index (Phi) is 8.41. The summed E-state index contributed by atoms with van der Waals surface area (Å²) in [5.41, 5.74) is 1.71. The van der Waals surface area contributed by atoms with Crippen molar-refractivity contribution in [1.82, 2.24) is 15.1 Å². The lowest BCUT2D eigenvalue weighted by Gasteiger charge is -2.35. The molecular formula is C24H31N3O3. The molecule has 1 heterocycles. The second-order valence-electron chi connectivity index (χ2n) is 7.64. The number of carbonyl (C=O) groups is 2. The number of carbonyl (C=O) groups excluding carboxylic acids is 2. The SMILES string of the molecule is CC(CN1CCOCC1)N(Cc1ccccc1)C(=O)CCNC(=O)c1ccccc1. The normalized spacial score (nSPS) is 15.4. The smallest absolute Gasteiger partial charge is 0.251 e. The number of ether oxygens (including phenoxy) is 1. The Bertz CT molecular complexity index is 792. The van der Waals surface area contributed by atoms with E-state index < -0.39 is 0 Å². The summed E-state index contributed by atoms with van der Waals surface area (Å²) in [5, 5.41) is 2.86. The maximum absolute atomic E-state index is 13.1. The van der Waals surface area contributed by atoms with Gasteiger partial charge in [0.25, 0.3) is 5.91 Å². The number of rotatable bonds is 9. The van der Waals surface area contributed by atoms with Crippen LogP contribution in [0.2, 0.25) is 0 Å². The van der Waals surface area contributed by atoms with Gasteiger partial charge in [0.15, 0.2) is 0 Å². The standard InChI is InChI=1S/C24H31N3O3/c1-20(18-26-14-16-30-17-15-26)27(19-21-8-4-2-5-9-21)23(28)12-13-25-24(29)22-10-6-3-7-11-22/h2-11,20H,12-19H2,1H3,(H,25,29). The van der Waals surface area contributed by atoms with Gasteiger partial charge < -0.3 is 15.0 Å². The van der Waals surface area contributed by atoms with Crippen LogP contribution in [-0.4, -0.2) is 67.0 Å². The lowest BCUT2D eigenvalue weighted by atomic mass is 10.1. The number of benzene rings is 2. The minimum absolute atomic E-state index is 0.0491. The van der Waals surface area contributed by atoms with Gasteiger partial charge in [0.2, 0.25) is 5.91 Å². The summed E-state index contributed by atoms with van der Waals surface area (Å²) in [6.45, 7) is 7.07. The fourth-order valence-electron chi connectivity index (χ4n) is 3.64. The Morgan fingerprint density at radius 2 is 1.67 bits per heavy atom. The van der Waals surface area contributed by atoms with E-state index in [1.54, 1.807) is 12.1 Å². The minimum atomic E-state index is -0.153. The molecule has 6 heteroatoms. The first-order chi connectivity index (χ1) is 14.6. The van der Waals surface area contributed by atoms with Crippen molar-refractivity contribution in [2.45, 2.75) is 25.9 Å². The van der Waals surface area contributed by atoms with E-state index in [-0.39, 0.29) is 24.3 Å². The number of nitrogens with zero attached hydrogens (tertiary/aromatic N) is 2. The van der Waals surface area contributed by atoms with Crippen LogP contribution in [0.1, 0.15) is 29.3 Å². The quantitative estimate of drug-likeness (QED) is 0.692. The largest absolute Gasteiger partial charge is 0.379 e. The van der Waals surface area contributed by atoms with Crippen molar-refractivity contribution in [2.24, 2.45) is 0 Å². The van der Waals surface area contributed by atoms with E-state index >= 15 is 0 Å². The molecule has 1 aliphatic heterocycles. The lowest BCUT2D eigenvalue weighted by Crippen LogP contribution is -2.48. The molecule has 6 nitrogen and oxygen atoms in total. The van der Waals surface area contributed by atoms with Gasteiger partial charge in [0.05, 0.1) is 13.2 Å². The maximum atomic E-state index is 13.1. The summed E-state index contributed by atoms with van der Waals surface area (Å²) in [6, 6.07) is 19.2. The number of nitrogens with one attached hydrogen (secondary N) is 1. The molecule has 0 saturated carbocycles. The van der Waals surface area contributed by atoms with E-state index in [9.17, 15) is 9.59 Å².